The van der Waals surface area contributed by atoms with E-state index in [4.69, 9.17) is 11.6 Å². The molecule has 0 unspecified atom stereocenters. The van der Waals surface area contributed by atoms with Gasteiger partial charge < -0.3 is 5.32 Å². The zero-order valence-corrected chi connectivity index (χ0v) is 14.6. The van der Waals surface area contributed by atoms with E-state index in [-0.39, 0.29) is 12.4 Å². The molecule has 1 N–H and O–H groups in total. The Labute approximate surface area is 154 Å². The Bertz CT molecular complexity index is 1020. The second-order valence-electron chi connectivity index (χ2n) is 5.68. The summed E-state index contributed by atoms with van der Waals surface area (Å²) >= 11 is 6.04. The van der Waals surface area contributed by atoms with Gasteiger partial charge in [0.05, 0.1) is 5.69 Å². The number of carbonyl (C=O) groups is 1. The first-order valence-electron chi connectivity index (χ1n) is 7.83. The molecule has 1 amide bonds. The Kier molecular flexibility index (Phi) is 5.14. The maximum atomic E-state index is 13.0. The number of amides is 1. The van der Waals surface area contributed by atoms with Crippen LogP contribution in [0, 0.1) is 12.7 Å². The van der Waals surface area contributed by atoms with Crippen molar-refractivity contribution in [1.82, 2.24) is 9.78 Å². The van der Waals surface area contributed by atoms with Crippen LogP contribution < -0.4 is 10.9 Å². The Morgan fingerprint density at radius 1 is 1.15 bits per heavy atom. The third kappa shape index (κ3) is 3.97. The molecule has 3 rings (SSSR count). The van der Waals surface area contributed by atoms with Gasteiger partial charge in [0.25, 0.3) is 5.56 Å². The lowest BCUT2D eigenvalue weighted by Gasteiger charge is -2.11. The molecule has 0 saturated heterocycles. The molecule has 1 aromatic heterocycles. The van der Waals surface area contributed by atoms with Crippen LogP contribution in [-0.4, -0.2) is 15.7 Å². The van der Waals surface area contributed by atoms with E-state index < -0.39 is 11.5 Å². The molecule has 0 aliphatic rings. The molecular formula is C19H15ClFN3O2. The Morgan fingerprint density at radius 2 is 1.88 bits per heavy atom. The smallest absolute Gasteiger partial charge is 0.267 e. The fraction of sp³-hybridized carbons (Fsp3) is 0.105. The predicted molar refractivity (Wildman–Crippen MR) is 98.7 cm³/mol. The average Bonchev–Trinajstić information content (AvgIpc) is 2.62. The van der Waals surface area contributed by atoms with E-state index in [1.165, 1.54) is 24.3 Å². The van der Waals surface area contributed by atoms with Crippen molar-refractivity contribution in [3.63, 3.8) is 0 Å². The fourth-order valence-corrected chi connectivity index (χ4v) is 2.58. The molecule has 0 bridgehead atoms. The van der Waals surface area contributed by atoms with E-state index >= 15 is 0 Å². The van der Waals surface area contributed by atoms with Crippen molar-refractivity contribution in [3.8, 4) is 11.3 Å². The molecule has 0 atom stereocenters. The molecule has 0 aliphatic heterocycles. The van der Waals surface area contributed by atoms with Crippen LogP contribution in [0.3, 0.4) is 0 Å². The van der Waals surface area contributed by atoms with Crippen molar-refractivity contribution in [2.24, 2.45) is 0 Å². The lowest BCUT2D eigenvalue weighted by molar-refractivity contribution is -0.117. The van der Waals surface area contributed by atoms with Crippen LogP contribution in [0.2, 0.25) is 5.02 Å². The van der Waals surface area contributed by atoms with Crippen molar-refractivity contribution >= 4 is 23.2 Å². The zero-order valence-electron chi connectivity index (χ0n) is 13.9. The standard InChI is InChI=1S/C19H15ClFN3O2/c1-12-15(20)3-2-4-16(12)22-18(25)11-24-19(26)10-9-17(23-24)13-5-7-14(21)8-6-13/h2-10H,11H2,1H3,(H,22,25). The summed E-state index contributed by atoms with van der Waals surface area (Å²) in [5, 5.41) is 7.45. The summed E-state index contributed by atoms with van der Waals surface area (Å²) in [5.41, 5.74) is 2.02. The minimum Gasteiger partial charge on any atom is -0.324 e. The quantitative estimate of drug-likeness (QED) is 0.761. The highest BCUT2D eigenvalue weighted by Gasteiger charge is 2.10. The molecule has 0 spiro atoms. The summed E-state index contributed by atoms with van der Waals surface area (Å²) in [6.45, 7) is 1.54. The van der Waals surface area contributed by atoms with E-state index in [0.717, 1.165) is 10.2 Å². The van der Waals surface area contributed by atoms with Gasteiger partial charge in [0.1, 0.15) is 12.4 Å². The van der Waals surface area contributed by atoms with Gasteiger partial charge in [0.15, 0.2) is 0 Å². The van der Waals surface area contributed by atoms with Gasteiger partial charge in [-0.15, -0.1) is 0 Å². The first kappa shape index (κ1) is 17.8. The van der Waals surface area contributed by atoms with E-state index in [0.29, 0.717) is 22.0 Å². The van der Waals surface area contributed by atoms with Gasteiger partial charge in [-0.1, -0.05) is 17.7 Å². The zero-order chi connectivity index (χ0) is 18.7. The first-order valence-corrected chi connectivity index (χ1v) is 8.21. The number of anilines is 1. The van der Waals surface area contributed by atoms with Gasteiger partial charge in [-0.25, -0.2) is 9.07 Å². The van der Waals surface area contributed by atoms with Gasteiger partial charge in [0, 0.05) is 22.3 Å². The van der Waals surface area contributed by atoms with Crippen molar-refractivity contribution in [1.29, 1.82) is 0 Å². The lowest BCUT2D eigenvalue weighted by Crippen LogP contribution is -2.29. The topological polar surface area (TPSA) is 64.0 Å². The molecule has 26 heavy (non-hydrogen) atoms. The summed E-state index contributed by atoms with van der Waals surface area (Å²) in [4.78, 5) is 24.3. The third-order valence-corrected chi connectivity index (χ3v) is 4.25. The van der Waals surface area contributed by atoms with Crippen LogP contribution in [0.1, 0.15) is 5.56 Å². The van der Waals surface area contributed by atoms with Crippen LogP contribution in [0.5, 0.6) is 0 Å². The molecular weight excluding hydrogens is 357 g/mol. The molecule has 132 valence electrons. The summed E-state index contributed by atoms with van der Waals surface area (Å²) in [5.74, 6) is -0.764. The third-order valence-electron chi connectivity index (χ3n) is 3.84. The normalized spacial score (nSPS) is 10.6. The number of nitrogens with zero attached hydrogens (tertiary/aromatic N) is 2. The highest BCUT2D eigenvalue weighted by atomic mass is 35.5. The lowest BCUT2D eigenvalue weighted by atomic mass is 10.1. The van der Waals surface area contributed by atoms with Crippen LogP contribution >= 0.6 is 11.6 Å². The van der Waals surface area contributed by atoms with Crippen LogP contribution in [0.15, 0.2) is 59.4 Å². The highest BCUT2D eigenvalue weighted by molar-refractivity contribution is 6.31. The summed E-state index contributed by atoms with van der Waals surface area (Å²) in [6, 6.07) is 13.8. The van der Waals surface area contributed by atoms with Crippen molar-refractivity contribution in [3.05, 3.63) is 81.4 Å². The van der Waals surface area contributed by atoms with E-state index in [9.17, 15) is 14.0 Å². The molecule has 0 radical (unpaired) electrons. The predicted octanol–water partition coefficient (Wildman–Crippen LogP) is 3.65. The van der Waals surface area contributed by atoms with Gasteiger partial charge in [-0.3, -0.25) is 9.59 Å². The van der Waals surface area contributed by atoms with Crippen LogP contribution in [0.25, 0.3) is 11.3 Å². The fourth-order valence-electron chi connectivity index (χ4n) is 2.41. The first-order chi connectivity index (χ1) is 12.4. The van der Waals surface area contributed by atoms with Crippen molar-refractivity contribution in [2.45, 2.75) is 13.5 Å². The average molecular weight is 372 g/mol. The number of aromatic nitrogens is 2. The monoisotopic (exact) mass is 371 g/mol. The van der Waals surface area contributed by atoms with E-state index in [2.05, 4.69) is 10.4 Å². The molecule has 1 heterocycles. The molecule has 3 aromatic rings. The summed E-state index contributed by atoms with van der Waals surface area (Å²) in [6.07, 6.45) is 0. The Balaban J connectivity index is 1.82. The minimum absolute atomic E-state index is 0.250. The number of carbonyl (C=O) groups excluding carboxylic acids is 1. The number of nitrogens with one attached hydrogen (secondary N) is 1. The van der Waals surface area contributed by atoms with E-state index in [1.54, 1.807) is 37.3 Å². The number of halogens is 2. The van der Waals surface area contributed by atoms with Gasteiger partial charge in [0.2, 0.25) is 5.91 Å². The van der Waals surface area contributed by atoms with Crippen LogP contribution in [-0.2, 0) is 11.3 Å². The second kappa shape index (κ2) is 7.49. The highest BCUT2D eigenvalue weighted by Crippen LogP contribution is 2.22. The van der Waals surface area contributed by atoms with Gasteiger partial charge >= 0.3 is 0 Å². The van der Waals surface area contributed by atoms with E-state index in [1.807, 2.05) is 0 Å². The molecule has 5 nitrogen and oxygen atoms in total. The number of rotatable bonds is 4. The molecule has 2 aromatic carbocycles. The Morgan fingerprint density at radius 3 is 2.62 bits per heavy atom. The SMILES string of the molecule is Cc1c(Cl)cccc1NC(=O)Cn1nc(-c2ccc(F)cc2)ccc1=O. The minimum atomic E-state index is -0.408. The maximum Gasteiger partial charge on any atom is 0.267 e. The van der Waals surface area contributed by atoms with Crippen molar-refractivity contribution < 1.29 is 9.18 Å². The summed E-state index contributed by atoms with van der Waals surface area (Å²) in [7, 11) is 0. The summed E-state index contributed by atoms with van der Waals surface area (Å²) < 4.78 is 14.1. The molecule has 0 saturated carbocycles. The van der Waals surface area contributed by atoms with Crippen LogP contribution in [0.4, 0.5) is 10.1 Å². The Hall–Kier alpha value is -2.99. The van der Waals surface area contributed by atoms with Crippen molar-refractivity contribution in [2.75, 3.05) is 5.32 Å². The molecule has 7 heteroatoms. The van der Waals surface area contributed by atoms with Gasteiger partial charge in [-0.05, 0) is 55.0 Å². The largest absolute Gasteiger partial charge is 0.324 e. The molecule has 0 aliphatic carbocycles. The number of hydrogen-bond donors (Lipinski definition) is 1. The second-order valence-corrected chi connectivity index (χ2v) is 6.09. The maximum absolute atomic E-state index is 13.0. The number of hydrogen-bond acceptors (Lipinski definition) is 3. The number of benzene rings is 2. The van der Waals surface area contributed by atoms with Gasteiger partial charge in [-0.2, -0.15) is 5.10 Å². The molecule has 0 fully saturated rings.